The van der Waals surface area contributed by atoms with Crippen molar-refractivity contribution in [2.45, 2.75) is 75.5 Å². The van der Waals surface area contributed by atoms with E-state index in [4.69, 9.17) is 16.3 Å². The van der Waals surface area contributed by atoms with Gasteiger partial charge in [-0.3, -0.25) is 0 Å². The zero-order valence-electron chi connectivity index (χ0n) is 20.7. The summed E-state index contributed by atoms with van der Waals surface area (Å²) in [6.07, 6.45) is 6.68. The third kappa shape index (κ3) is 4.21. The summed E-state index contributed by atoms with van der Waals surface area (Å²) in [5, 5.41) is 0.800. The summed E-state index contributed by atoms with van der Waals surface area (Å²) >= 11 is 6.36. The molecule has 5 nitrogen and oxygen atoms in total. The van der Waals surface area contributed by atoms with E-state index in [1.807, 2.05) is 13.0 Å². The summed E-state index contributed by atoms with van der Waals surface area (Å²) in [6.45, 7) is 6.60. The summed E-state index contributed by atoms with van der Waals surface area (Å²) < 4.78 is 5.37. The van der Waals surface area contributed by atoms with Crippen LogP contribution in [0.5, 0.6) is 0 Å². The van der Waals surface area contributed by atoms with E-state index in [1.54, 1.807) is 5.56 Å². The van der Waals surface area contributed by atoms with E-state index in [0.29, 0.717) is 24.7 Å². The van der Waals surface area contributed by atoms with Crippen LogP contribution in [0.3, 0.4) is 0 Å². The number of carbonyl (C=O) groups is 1. The average Bonchev–Trinajstić information content (AvgIpc) is 3.14. The molecule has 2 bridgehead atoms. The summed E-state index contributed by atoms with van der Waals surface area (Å²) in [5.74, 6) is 0. The number of fused-ring (bicyclic) bond motifs is 4. The summed E-state index contributed by atoms with van der Waals surface area (Å²) in [7, 11) is 0. The van der Waals surface area contributed by atoms with Gasteiger partial charge in [0.2, 0.25) is 0 Å². The molecule has 2 aromatic rings. The van der Waals surface area contributed by atoms with Gasteiger partial charge in [-0.15, -0.1) is 0 Å². The highest BCUT2D eigenvalue weighted by Crippen LogP contribution is 2.45. The molecular formula is C29H36ClN3O2. The van der Waals surface area contributed by atoms with Crippen molar-refractivity contribution in [1.82, 2.24) is 9.80 Å². The number of rotatable bonds is 3. The first-order valence-corrected chi connectivity index (χ1v) is 13.7. The fourth-order valence-electron chi connectivity index (χ4n) is 7.43. The van der Waals surface area contributed by atoms with E-state index in [9.17, 15) is 4.79 Å². The highest BCUT2D eigenvalue weighted by atomic mass is 35.5. The van der Waals surface area contributed by atoms with Crippen molar-refractivity contribution in [2.75, 3.05) is 31.1 Å². The molecule has 0 aromatic heterocycles. The molecule has 4 aliphatic heterocycles. The van der Waals surface area contributed by atoms with Crippen LogP contribution in [0.2, 0.25) is 5.02 Å². The van der Waals surface area contributed by atoms with Gasteiger partial charge in [0, 0.05) is 47.3 Å². The van der Waals surface area contributed by atoms with Gasteiger partial charge in [0.05, 0.1) is 6.61 Å². The van der Waals surface area contributed by atoms with Crippen LogP contribution in [0.1, 0.15) is 56.6 Å². The molecule has 1 amide bonds. The van der Waals surface area contributed by atoms with Crippen LogP contribution < -0.4 is 4.90 Å². The van der Waals surface area contributed by atoms with Gasteiger partial charge in [-0.2, -0.15) is 0 Å². The standard InChI is InChI=1S/C29H36ClN3O2/c1-2-35-28(34)33-24-10-11-25(33)18-26(17-24)31-14-12-29(13-15-31)20-32(23-8-5-7-22(30)16-23)19-21-6-3-4-9-27(21)29/h3-9,16,24-26H,2,10-15,17-20H2,1H3. The van der Waals surface area contributed by atoms with Crippen molar-refractivity contribution in [1.29, 1.82) is 0 Å². The van der Waals surface area contributed by atoms with E-state index >= 15 is 0 Å². The van der Waals surface area contributed by atoms with Gasteiger partial charge >= 0.3 is 6.09 Å². The SMILES string of the molecule is CCOC(=O)N1C2CCC1CC(N1CCC3(CC1)CN(c1cccc(Cl)c1)Cc1ccccc13)C2. The molecule has 4 aliphatic rings. The van der Waals surface area contributed by atoms with Crippen LogP contribution >= 0.6 is 11.6 Å². The normalized spacial score (nSPS) is 27.7. The number of halogens is 1. The van der Waals surface area contributed by atoms with E-state index in [0.717, 1.165) is 56.9 Å². The van der Waals surface area contributed by atoms with Crippen LogP contribution in [0, 0.1) is 0 Å². The molecule has 3 saturated heterocycles. The lowest BCUT2D eigenvalue weighted by Gasteiger charge is -2.52. The van der Waals surface area contributed by atoms with Crippen molar-refractivity contribution < 1.29 is 9.53 Å². The summed E-state index contributed by atoms with van der Waals surface area (Å²) in [6, 6.07) is 18.7. The lowest BCUT2D eigenvalue weighted by molar-refractivity contribution is 0.0270. The molecule has 0 aliphatic carbocycles. The first kappa shape index (κ1) is 23.2. The Morgan fingerprint density at radius 3 is 2.49 bits per heavy atom. The number of benzene rings is 2. The molecule has 2 atom stereocenters. The van der Waals surface area contributed by atoms with E-state index < -0.39 is 0 Å². The van der Waals surface area contributed by atoms with Gasteiger partial charge < -0.3 is 19.4 Å². The number of ether oxygens (including phenoxy) is 1. The van der Waals surface area contributed by atoms with Gasteiger partial charge in [-0.05, 0) is 87.9 Å². The van der Waals surface area contributed by atoms with Crippen LogP contribution in [0.4, 0.5) is 10.5 Å². The predicted octanol–water partition coefficient (Wildman–Crippen LogP) is 5.85. The maximum absolute atomic E-state index is 12.5. The van der Waals surface area contributed by atoms with Gasteiger partial charge in [0.15, 0.2) is 0 Å². The molecule has 0 N–H and O–H groups in total. The second-order valence-corrected chi connectivity index (χ2v) is 11.4. The molecule has 6 rings (SSSR count). The Hall–Kier alpha value is -2.24. The minimum Gasteiger partial charge on any atom is -0.450 e. The van der Waals surface area contributed by atoms with Crippen LogP contribution in [-0.2, 0) is 16.7 Å². The van der Waals surface area contributed by atoms with E-state index in [1.165, 1.54) is 24.1 Å². The second kappa shape index (κ2) is 9.33. The number of carbonyl (C=O) groups excluding carboxylic acids is 1. The monoisotopic (exact) mass is 493 g/mol. The van der Waals surface area contributed by atoms with Crippen molar-refractivity contribution >= 4 is 23.4 Å². The minimum atomic E-state index is -0.101. The number of anilines is 1. The number of amides is 1. The minimum absolute atomic E-state index is 0.101. The highest BCUT2D eigenvalue weighted by Gasteiger charge is 2.48. The van der Waals surface area contributed by atoms with E-state index in [-0.39, 0.29) is 11.5 Å². The Labute approximate surface area is 214 Å². The van der Waals surface area contributed by atoms with Gasteiger partial charge in [-0.1, -0.05) is 41.9 Å². The third-order valence-electron chi connectivity index (χ3n) is 9.08. The third-order valence-corrected chi connectivity index (χ3v) is 9.31. The maximum Gasteiger partial charge on any atom is 0.410 e. The Balaban J connectivity index is 1.18. The molecule has 186 valence electrons. The zero-order valence-corrected chi connectivity index (χ0v) is 21.4. The lowest BCUT2D eigenvalue weighted by atomic mass is 9.68. The van der Waals surface area contributed by atoms with Crippen LogP contribution in [0.25, 0.3) is 0 Å². The zero-order chi connectivity index (χ0) is 24.0. The first-order valence-electron chi connectivity index (χ1n) is 13.3. The van der Waals surface area contributed by atoms with Crippen molar-refractivity contribution in [3.63, 3.8) is 0 Å². The smallest absolute Gasteiger partial charge is 0.410 e. The lowest BCUT2D eigenvalue weighted by Crippen LogP contribution is -2.57. The Kier molecular flexibility index (Phi) is 6.18. The van der Waals surface area contributed by atoms with Crippen molar-refractivity contribution in [2.24, 2.45) is 0 Å². The molecule has 0 radical (unpaired) electrons. The van der Waals surface area contributed by atoms with Crippen molar-refractivity contribution in [3.8, 4) is 0 Å². The maximum atomic E-state index is 12.5. The highest BCUT2D eigenvalue weighted by molar-refractivity contribution is 6.30. The largest absolute Gasteiger partial charge is 0.450 e. The number of piperidine rings is 2. The molecule has 0 saturated carbocycles. The van der Waals surface area contributed by atoms with Crippen LogP contribution in [0.15, 0.2) is 48.5 Å². The number of hydrogen-bond donors (Lipinski definition) is 0. The second-order valence-electron chi connectivity index (χ2n) is 10.9. The van der Waals surface area contributed by atoms with E-state index in [2.05, 4.69) is 57.2 Å². The Bertz CT molecular complexity index is 1070. The number of likely N-dealkylation sites (tertiary alicyclic amines) is 1. The number of nitrogens with zero attached hydrogens (tertiary/aromatic N) is 3. The Morgan fingerprint density at radius 2 is 1.77 bits per heavy atom. The molecule has 6 heteroatoms. The fraction of sp³-hybridized carbons (Fsp3) is 0.552. The van der Waals surface area contributed by atoms with Gasteiger partial charge in [0.1, 0.15) is 0 Å². The molecular weight excluding hydrogens is 458 g/mol. The molecule has 2 unspecified atom stereocenters. The fourth-order valence-corrected chi connectivity index (χ4v) is 7.61. The van der Waals surface area contributed by atoms with Crippen molar-refractivity contribution in [3.05, 3.63) is 64.7 Å². The Morgan fingerprint density at radius 1 is 1.03 bits per heavy atom. The molecule has 4 heterocycles. The summed E-state index contributed by atoms with van der Waals surface area (Å²) in [4.78, 5) is 19.8. The van der Waals surface area contributed by atoms with Gasteiger partial charge in [-0.25, -0.2) is 4.79 Å². The number of hydrogen-bond acceptors (Lipinski definition) is 4. The van der Waals surface area contributed by atoms with Gasteiger partial charge in [0.25, 0.3) is 0 Å². The molecule has 35 heavy (non-hydrogen) atoms. The topological polar surface area (TPSA) is 36.0 Å². The average molecular weight is 494 g/mol. The van der Waals surface area contributed by atoms with Crippen LogP contribution in [-0.4, -0.2) is 60.3 Å². The first-order chi connectivity index (χ1) is 17.1. The predicted molar refractivity (Wildman–Crippen MR) is 140 cm³/mol. The quantitative estimate of drug-likeness (QED) is 0.537. The molecule has 3 fully saturated rings. The summed E-state index contributed by atoms with van der Waals surface area (Å²) in [5.41, 5.74) is 4.40. The molecule has 2 aromatic carbocycles. The molecule has 1 spiro atoms.